The van der Waals surface area contributed by atoms with E-state index in [1.54, 1.807) is 0 Å². The Hall–Kier alpha value is -1.14. The van der Waals surface area contributed by atoms with Crippen molar-refractivity contribution >= 4 is 11.9 Å². The number of nitrogens with one attached hydrogen (secondary N) is 1. The van der Waals surface area contributed by atoms with Crippen LogP contribution >= 0.6 is 0 Å². The summed E-state index contributed by atoms with van der Waals surface area (Å²) in [4.78, 5) is 21.5. The quantitative estimate of drug-likeness (QED) is 0.378. The van der Waals surface area contributed by atoms with E-state index in [1.165, 1.54) is 12.1 Å². The van der Waals surface area contributed by atoms with Gasteiger partial charge in [-0.3, -0.25) is 15.0 Å². The van der Waals surface area contributed by atoms with E-state index in [0.717, 1.165) is 19.3 Å². The van der Waals surface area contributed by atoms with Gasteiger partial charge in [-0.1, -0.05) is 6.42 Å². The minimum Gasteiger partial charge on any atom is -0.480 e. The van der Waals surface area contributed by atoms with Crippen LogP contribution in [0.2, 0.25) is 0 Å². The van der Waals surface area contributed by atoms with E-state index in [9.17, 15) is 9.59 Å². The van der Waals surface area contributed by atoms with Crippen LogP contribution in [0.3, 0.4) is 0 Å². The first kappa shape index (κ1) is 13.9. The van der Waals surface area contributed by atoms with Crippen LogP contribution in [0.15, 0.2) is 0 Å². The summed E-state index contributed by atoms with van der Waals surface area (Å²) in [6, 6.07) is 0. The molecule has 88 valence electrons. The van der Waals surface area contributed by atoms with Gasteiger partial charge in [-0.2, -0.15) is 0 Å². The third-order valence-electron chi connectivity index (χ3n) is 1.80. The van der Waals surface area contributed by atoms with Crippen molar-refractivity contribution in [2.45, 2.75) is 25.7 Å². The molecule has 0 saturated heterocycles. The number of unbranched alkanes of at least 4 members (excludes halogenated alkanes) is 2. The summed E-state index contributed by atoms with van der Waals surface area (Å²) in [5.74, 6) is -1.13. The molecule has 0 saturated carbocycles. The van der Waals surface area contributed by atoms with Crippen molar-refractivity contribution in [3.05, 3.63) is 0 Å². The Morgan fingerprint density at radius 3 is 2.53 bits per heavy atom. The average Bonchev–Trinajstić information content (AvgIpc) is 2.10. The molecule has 0 aromatic rings. The molecule has 1 amide bonds. The summed E-state index contributed by atoms with van der Waals surface area (Å²) >= 11 is 0. The van der Waals surface area contributed by atoms with Crippen LogP contribution < -0.4 is 11.2 Å². The molecule has 0 radical (unpaired) electrons. The van der Waals surface area contributed by atoms with Crippen LogP contribution in [0.25, 0.3) is 0 Å². The number of hydrogen-bond donors (Lipinski definition) is 3. The zero-order valence-electron chi connectivity index (χ0n) is 9.03. The van der Waals surface area contributed by atoms with Crippen LogP contribution in [0, 0.1) is 0 Å². The lowest BCUT2D eigenvalue weighted by Gasteiger charge is -2.15. The smallest absolute Gasteiger partial charge is 0.319 e. The molecular weight excluding hydrogens is 198 g/mol. The second kappa shape index (κ2) is 8.19. The summed E-state index contributed by atoms with van der Waals surface area (Å²) in [6.07, 6.45) is 3.03. The van der Waals surface area contributed by atoms with Crippen molar-refractivity contribution in [3.8, 4) is 0 Å². The number of hydrazine groups is 1. The van der Waals surface area contributed by atoms with E-state index >= 15 is 0 Å². The molecule has 0 spiro atoms. The fraction of sp³-hybridized carbons (Fsp3) is 0.778. The highest BCUT2D eigenvalue weighted by molar-refractivity contribution is 5.76. The highest BCUT2D eigenvalue weighted by Crippen LogP contribution is 1.98. The Balaban J connectivity index is 3.51. The van der Waals surface area contributed by atoms with Crippen molar-refractivity contribution in [2.24, 2.45) is 5.73 Å². The zero-order valence-corrected chi connectivity index (χ0v) is 9.03. The molecule has 0 aromatic carbocycles. The molecule has 0 aliphatic carbocycles. The number of aliphatic carboxylic acids is 1. The van der Waals surface area contributed by atoms with E-state index in [0.29, 0.717) is 13.0 Å². The van der Waals surface area contributed by atoms with E-state index in [-0.39, 0.29) is 12.5 Å². The van der Waals surface area contributed by atoms with Gasteiger partial charge >= 0.3 is 5.97 Å². The maximum atomic E-state index is 11.2. The van der Waals surface area contributed by atoms with E-state index in [2.05, 4.69) is 5.43 Å². The standard InChI is InChI=1S/C9H19N3O3/c1-12(7-9(14)15)11-8(13)5-3-2-4-6-10/h2-7,10H2,1H3,(H,11,13)(H,14,15). The molecule has 0 aromatic heterocycles. The minimum atomic E-state index is -0.971. The fourth-order valence-corrected chi connectivity index (χ4v) is 1.12. The van der Waals surface area contributed by atoms with Gasteiger partial charge in [0.05, 0.1) is 0 Å². The number of nitrogens with two attached hydrogens (primary N) is 1. The molecule has 4 N–H and O–H groups in total. The summed E-state index contributed by atoms with van der Waals surface area (Å²) in [7, 11) is 1.52. The normalized spacial score (nSPS) is 10.3. The third-order valence-corrected chi connectivity index (χ3v) is 1.80. The molecule has 0 heterocycles. The summed E-state index contributed by atoms with van der Waals surface area (Å²) in [6.45, 7) is 0.440. The van der Waals surface area contributed by atoms with Gasteiger partial charge in [0.15, 0.2) is 0 Å². The lowest BCUT2D eigenvalue weighted by atomic mass is 10.2. The molecule has 0 bridgehead atoms. The number of hydrogen-bond acceptors (Lipinski definition) is 4. The van der Waals surface area contributed by atoms with Gasteiger partial charge in [-0.15, -0.1) is 0 Å². The summed E-state index contributed by atoms with van der Waals surface area (Å²) in [5, 5.41) is 9.69. The Labute approximate surface area is 89.4 Å². The van der Waals surface area contributed by atoms with Gasteiger partial charge in [0.1, 0.15) is 6.54 Å². The van der Waals surface area contributed by atoms with Crippen LogP contribution in [0.5, 0.6) is 0 Å². The number of carbonyl (C=O) groups excluding carboxylic acids is 1. The monoisotopic (exact) mass is 217 g/mol. The maximum absolute atomic E-state index is 11.2. The van der Waals surface area contributed by atoms with Crippen molar-refractivity contribution in [3.63, 3.8) is 0 Å². The molecule has 0 aliphatic rings. The Kier molecular flexibility index (Phi) is 7.57. The Morgan fingerprint density at radius 1 is 1.33 bits per heavy atom. The SMILES string of the molecule is CN(CC(=O)O)NC(=O)CCCCCN. The highest BCUT2D eigenvalue weighted by atomic mass is 16.4. The second-order valence-electron chi connectivity index (χ2n) is 3.38. The number of carbonyl (C=O) groups is 2. The summed E-state index contributed by atoms with van der Waals surface area (Å²) in [5.41, 5.74) is 7.78. The number of likely N-dealkylation sites (N-methyl/N-ethyl adjacent to an activating group) is 1. The number of carboxylic acid groups (broad SMARTS) is 1. The Morgan fingerprint density at radius 2 is 2.00 bits per heavy atom. The molecule has 0 rings (SSSR count). The molecule has 0 aliphatic heterocycles. The lowest BCUT2D eigenvalue weighted by molar-refractivity contribution is -0.139. The molecule has 0 atom stereocenters. The van der Waals surface area contributed by atoms with E-state index in [4.69, 9.17) is 10.8 Å². The molecule has 0 fully saturated rings. The molecule has 6 nitrogen and oxygen atoms in total. The fourth-order valence-electron chi connectivity index (χ4n) is 1.12. The van der Waals surface area contributed by atoms with Crippen molar-refractivity contribution in [2.75, 3.05) is 20.1 Å². The van der Waals surface area contributed by atoms with Gasteiger partial charge in [-0.05, 0) is 19.4 Å². The third kappa shape index (κ3) is 9.17. The first-order chi connectivity index (χ1) is 7.06. The lowest BCUT2D eigenvalue weighted by Crippen LogP contribution is -2.42. The van der Waals surface area contributed by atoms with Gasteiger partial charge in [0, 0.05) is 13.5 Å². The minimum absolute atomic E-state index is 0.157. The van der Waals surface area contributed by atoms with E-state index < -0.39 is 5.97 Å². The zero-order chi connectivity index (χ0) is 11.7. The number of nitrogens with zero attached hydrogens (tertiary/aromatic N) is 1. The molecule has 0 unspecified atom stereocenters. The van der Waals surface area contributed by atoms with Crippen LogP contribution in [0.1, 0.15) is 25.7 Å². The van der Waals surface area contributed by atoms with Crippen molar-refractivity contribution < 1.29 is 14.7 Å². The van der Waals surface area contributed by atoms with Gasteiger partial charge in [0.2, 0.25) is 5.91 Å². The van der Waals surface area contributed by atoms with Crippen LogP contribution in [-0.2, 0) is 9.59 Å². The highest BCUT2D eigenvalue weighted by Gasteiger charge is 2.07. The van der Waals surface area contributed by atoms with E-state index in [1.807, 2.05) is 0 Å². The molecule has 6 heteroatoms. The van der Waals surface area contributed by atoms with Crippen molar-refractivity contribution in [1.29, 1.82) is 0 Å². The van der Waals surface area contributed by atoms with Crippen molar-refractivity contribution in [1.82, 2.24) is 10.4 Å². The number of amides is 1. The number of rotatable bonds is 8. The Bertz CT molecular complexity index is 209. The maximum Gasteiger partial charge on any atom is 0.319 e. The second-order valence-corrected chi connectivity index (χ2v) is 3.38. The first-order valence-corrected chi connectivity index (χ1v) is 4.98. The van der Waals surface area contributed by atoms with Crippen LogP contribution in [0.4, 0.5) is 0 Å². The van der Waals surface area contributed by atoms with Crippen LogP contribution in [-0.4, -0.2) is 42.1 Å². The largest absolute Gasteiger partial charge is 0.480 e. The first-order valence-electron chi connectivity index (χ1n) is 4.98. The van der Waals surface area contributed by atoms with Gasteiger partial charge < -0.3 is 10.8 Å². The molecular formula is C9H19N3O3. The number of carboxylic acids is 1. The predicted octanol–water partition coefficient (Wildman–Crippen LogP) is -0.447. The average molecular weight is 217 g/mol. The van der Waals surface area contributed by atoms with Gasteiger partial charge in [0.25, 0.3) is 0 Å². The molecule has 15 heavy (non-hydrogen) atoms. The van der Waals surface area contributed by atoms with Gasteiger partial charge in [-0.25, -0.2) is 5.01 Å². The topological polar surface area (TPSA) is 95.7 Å². The summed E-state index contributed by atoms with van der Waals surface area (Å²) < 4.78 is 0. The predicted molar refractivity (Wildman–Crippen MR) is 55.9 cm³/mol.